The summed E-state index contributed by atoms with van der Waals surface area (Å²) in [5, 5.41) is 7.23. The first-order valence-electron chi connectivity index (χ1n) is 10.2. The molecule has 0 fully saturated rings. The number of amides is 1. The van der Waals surface area contributed by atoms with Crippen LogP contribution in [0.2, 0.25) is 0 Å². The number of benzene rings is 3. The van der Waals surface area contributed by atoms with Crippen LogP contribution in [0.4, 0.5) is 10.1 Å². The lowest BCUT2D eigenvalue weighted by Crippen LogP contribution is -2.14. The zero-order chi connectivity index (χ0) is 22.3. The van der Waals surface area contributed by atoms with Crippen molar-refractivity contribution in [3.8, 4) is 17.2 Å². The molecule has 162 valence electrons. The standard InChI is InChI=1S/C25H22FN3O3/c1-2-31-22-14-10-20(11-15-22)27-25(30)24-23(32-17-18-6-4-3-5-7-18)16-29(28-24)21-12-8-19(26)9-13-21/h3-16H,2,17H2,1H3,(H,27,30). The highest BCUT2D eigenvalue weighted by atomic mass is 19.1. The van der Waals surface area contributed by atoms with Gasteiger partial charge in [-0.2, -0.15) is 5.10 Å². The van der Waals surface area contributed by atoms with Crippen LogP contribution < -0.4 is 14.8 Å². The van der Waals surface area contributed by atoms with Crippen LogP contribution in [-0.2, 0) is 6.61 Å². The Bertz CT molecular complexity index is 1170. The number of halogens is 1. The fourth-order valence-electron chi connectivity index (χ4n) is 3.07. The van der Waals surface area contributed by atoms with Gasteiger partial charge in [0.15, 0.2) is 11.4 Å². The van der Waals surface area contributed by atoms with E-state index in [4.69, 9.17) is 9.47 Å². The van der Waals surface area contributed by atoms with Crippen molar-refractivity contribution in [2.24, 2.45) is 0 Å². The van der Waals surface area contributed by atoms with E-state index in [1.54, 1.807) is 42.6 Å². The summed E-state index contributed by atoms with van der Waals surface area (Å²) in [6.07, 6.45) is 1.61. The molecule has 0 spiro atoms. The Morgan fingerprint density at radius 1 is 0.969 bits per heavy atom. The predicted octanol–water partition coefficient (Wildman–Crippen LogP) is 5.24. The SMILES string of the molecule is CCOc1ccc(NC(=O)c2nn(-c3ccc(F)cc3)cc2OCc2ccccc2)cc1. The van der Waals surface area contributed by atoms with E-state index in [1.165, 1.54) is 16.8 Å². The van der Waals surface area contributed by atoms with Crippen LogP contribution in [0.25, 0.3) is 5.69 Å². The minimum atomic E-state index is -0.418. The molecular formula is C25H22FN3O3. The molecule has 0 aliphatic heterocycles. The first-order valence-corrected chi connectivity index (χ1v) is 10.2. The molecule has 7 heteroatoms. The number of hydrogen-bond donors (Lipinski definition) is 1. The minimum Gasteiger partial charge on any atom is -0.494 e. The smallest absolute Gasteiger partial charge is 0.280 e. The summed E-state index contributed by atoms with van der Waals surface area (Å²) in [4.78, 5) is 13.0. The van der Waals surface area contributed by atoms with Crippen LogP contribution in [-0.4, -0.2) is 22.3 Å². The molecule has 6 nitrogen and oxygen atoms in total. The molecular weight excluding hydrogens is 409 g/mol. The number of nitrogens with one attached hydrogen (secondary N) is 1. The first kappa shape index (κ1) is 21.1. The van der Waals surface area contributed by atoms with Gasteiger partial charge in [0.2, 0.25) is 0 Å². The van der Waals surface area contributed by atoms with Gasteiger partial charge in [-0.05, 0) is 61.0 Å². The lowest BCUT2D eigenvalue weighted by Gasteiger charge is -2.08. The van der Waals surface area contributed by atoms with Gasteiger partial charge in [0.25, 0.3) is 5.91 Å². The first-order chi connectivity index (χ1) is 15.6. The Morgan fingerprint density at radius 3 is 2.38 bits per heavy atom. The van der Waals surface area contributed by atoms with Crippen molar-refractivity contribution < 1.29 is 18.7 Å². The van der Waals surface area contributed by atoms with Gasteiger partial charge in [0.05, 0.1) is 18.5 Å². The Hall–Kier alpha value is -4.13. The van der Waals surface area contributed by atoms with Crippen molar-refractivity contribution in [2.75, 3.05) is 11.9 Å². The number of nitrogens with zero attached hydrogens (tertiary/aromatic N) is 2. The average Bonchev–Trinajstić information content (AvgIpc) is 3.25. The van der Waals surface area contributed by atoms with Crippen LogP contribution >= 0.6 is 0 Å². The molecule has 1 amide bonds. The molecule has 0 saturated heterocycles. The summed E-state index contributed by atoms with van der Waals surface area (Å²) < 4.78 is 26.2. The number of carbonyl (C=O) groups is 1. The van der Waals surface area contributed by atoms with Gasteiger partial charge in [0.1, 0.15) is 18.2 Å². The highest BCUT2D eigenvalue weighted by Gasteiger charge is 2.19. The highest BCUT2D eigenvalue weighted by molar-refractivity contribution is 6.04. The Balaban J connectivity index is 1.58. The molecule has 0 unspecified atom stereocenters. The molecule has 0 bridgehead atoms. The third-order valence-electron chi connectivity index (χ3n) is 4.65. The van der Waals surface area contributed by atoms with Crippen LogP contribution in [0.5, 0.6) is 11.5 Å². The zero-order valence-electron chi connectivity index (χ0n) is 17.5. The molecule has 0 aliphatic carbocycles. The minimum absolute atomic E-state index is 0.124. The van der Waals surface area contributed by atoms with Crippen molar-refractivity contribution in [1.82, 2.24) is 9.78 Å². The summed E-state index contributed by atoms with van der Waals surface area (Å²) in [5.74, 6) is 0.271. The Morgan fingerprint density at radius 2 is 1.69 bits per heavy atom. The molecule has 1 N–H and O–H groups in total. The molecule has 0 atom stereocenters. The molecule has 0 radical (unpaired) electrons. The monoisotopic (exact) mass is 431 g/mol. The maximum atomic E-state index is 13.3. The number of anilines is 1. The molecule has 0 saturated carbocycles. The number of rotatable bonds is 8. The second kappa shape index (κ2) is 9.78. The van der Waals surface area contributed by atoms with Crippen molar-refractivity contribution in [3.63, 3.8) is 0 Å². The molecule has 1 heterocycles. The third-order valence-corrected chi connectivity index (χ3v) is 4.65. The topological polar surface area (TPSA) is 65.4 Å². The van der Waals surface area contributed by atoms with Crippen LogP contribution in [0, 0.1) is 5.82 Å². The van der Waals surface area contributed by atoms with E-state index in [-0.39, 0.29) is 18.1 Å². The van der Waals surface area contributed by atoms with E-state index in [9.17, 15) is 9.18 Å². The maximum absolute atomic E-state index is 13.3. The highest BCUT2D eigenvalue weighted by Crippen LogP contribution is 2.23. The van der Waals surface area contributed by atoms with Gasteiger partial charge in [-0.3, -0.25) is 4.79 Å². The zero-order valence-corrected chi connectivity index (χ0v) is 17.5. The summed E-state index contributed by atoms with van der Waals surface area (Å²) in [6.45, 7) is 2.75. The largest absolute Gasteiger partial charge is 0.494 e. The van der Waals surface area contributed by atoms with E-state index < -0.39 is 5.91 Å². The summed E-state index contributed by atoms with van der Waals surface area (Å²) in [6, 6.07) is 22.5. The van der Waals surface area contributed by atoms with Gasteiger partial charge in [-0.1, -0.05) is 30.3 Å². The molecule has 0 aliphatic rings. The Labute approximate surface area is 185 Å². The normalized spacial score (nSPS) is 10.6. The molecule has 4 aromatic rings. The van der Waals surface area contributed by atoms with Gasteiger partial charge < -0.3 is 14.8 Å². The van der Waals surface area contributed by atoms with Crippen LogP contribution in [0.1, 0.15) is 23.0 Å². The van der Waals surface area contributed by atoms with E-state index in [2.05, 4.69) is 10.4 Å². The van der Waals surface area contributed by atoms with E-state index in [1.807, 2.05) is 37.3 Å². The van der Waals surface area contributed by atoms with E-state index in [0.717, 1.165) is 11.3 Å². The lowest BCUT2D eigenvalue weighted by atomic mass is 10.2. The predicted molar refractivity (Wildman–Crippen MR) is 120 cm³/mol. The third kappa shape index (κ3) is 5.13. The lowest BCUT2D eigenvalue weighted by molar-refractivity contribution is 0.101. The summed E-state index contributed by atoms with van der Waals surface area (Å²) in [7, 11) is 0. The quantitative estimate of drug-likeness (QED) is 0.414. The maximum Gasteiger partial charge on any atom is 0.280 e. The van der Waals surface area contributed by atoms with Crippen molar-refractivity contribution >= 4 is 11.6 Å². The molecule has 3 aromatic carbocycles. The van der Waals surface area contributed by atoms with Crippen molar-refractivity contribution in [3.05, 3.63) is 102 Å². The van der Waals surface area contributed by atoms with Crippen LogP contribution in [0.3, 0.4) is 0 Å². The number of carbonyl (C=O) groups excluding carboxylic acids is 1. The van der Waals surface area contributed by atoms with Crippen molar-refractivity contribution in [1.29, 1.82) is 0 Å². The molecule has 1 aromatic heterocycles. The van der Waals surface area contributed by atoms with E-state index in [0.29, 0.717) is 23.7 Å². The number of ether oxygens (including phenoxy) is 2. The summed E-state index contributed by atoms with van der Waals surface area (Å²) >= 11 is 0. The second-order valence-corrected chi connectivity index (χ2v) is 6.95. The van der Waals surface area contributed by atoms with Gasteiger partial charge >= 0.3 is 0 Å². The average molecular weight is 431 g/mol. The number of aromatic nitrogens is 2. The van der Waals surface area contributed by atoms with Gasteiger partial charge in [-0.25, -0.2) is 9.07 Å². The Kier molecular flexibility index (Phi) is 6.46. The fourth-order valence-corrected chi connectivity index (χ4v) is 3.07. The summed E-state index contributed by atoms with van der Waals surface area (Å²) in [5.41, 5.74) is 2.29. The van der Waals surface area contributed by atoms with Crippen LogP contribution in [0.15, 0.2) is 85.1 Å². The van der Waals surface area contributed by atoms with Crippen molar-refractivity contribution in [2.45, 2.75) is 13.5 Å². The fraction of sp³-hybridized carbons (Fsp3) is 0.120. The van der Waals surface area contributed by atoms with Gasteiger partial charge in [0, 0.05) is 5.69 Å². The number of hydrogen-bond acceptors (Lipinski definition) is 4. The van der Waals surface area contributed by atoms with Gasteiger partial charge in [-0.15, -0.1) is 0 Å². The second-order valence-electron chi connectivity index (χ2n) is 6.95. The molecule has 4 rings (SSSR count). The molecule has 32 heavy (non-hydrogen) atoms. The van der Waals surface area contributed by atoms with E-state index >= 15 is 0 Å².